The molecule has 0 saturated carbocycles. The van der Waals surface area contributed by atoms with E-state index < -0.39 is 8.25 Å². The highest BCUT2D eigenvalue weighted by atomic mass is 31.1. The van der Waals surface area contributed by atoms with E-state index in [1.165, 1.54) is 49.4 Å². The van der Waals surface area contributed by atoms with Gasteiger partial charge in [0.05, 0.1) is 12.5 Å². The van der Waals surface area contributed by atoms with E-state index >= 15 is 0 Å². The Labute approximate surface area is 209 Å². The maximum atomic E-state index is 12.1. The van der Waals surface area contributed by atoms with Crippen LogP contribution in [0.1, 0.15) is 81.1 Å². The van der Waals surface area contributed by atoms with Crippen LogP contribution in [0.5, 0.6) is 0 Å². The fourth-order valence-electron chi connectivity index (χ4n) is 5.13. The molecule has 0 amide bonds. The van der Waals surface area contributed by atoms with Crippen LogP contribution < -0.4 is 0 Å². The maximum Gasteiger partial charge on any atom is 0.417 e. The summed E-state index contributed by atoms with van der Waals surface area (Å²) < 4.78 is 22.6. The van der Waals surface area contributed by atoms with E-state index in [2.05, 4.69) is 91.8 Å². The highest BCUT2D eigenvalue weighted by Crippen LogP contribution is 2.42. The molecule has 190 valence electrons. The molecular weight excluding hydrogens is 439 g/mol. The molecule has 3 nitrogen and oxygen atoms in total. The predicted molar refractivity (Wildman–Crippen MR) is 147 cm³/mol. The minimum atomic E-state index is -2.59. The third kappa shape index (κ3) is 8.81. The van der Waals surface area contributed by atoms with Crippen LogP contribution >= 0.6 is 8.25 Å². The molecule has 0 N–H and O–H groups in total. The summed E-state index contributed by atoms with van der Waals surface area (Å²) in [6, 6.07) is 0. The predicted octanol–water partition coefficient (Wildman–Crippen LogP) is 9.59. The number of hydrogen-bond donors (Lipinski definition) is 0. The number of allylic oxidation sites excluding steroid dienone is 10. The number of rotatable bonds is 10. The molecule has 0 radical (unpaired) electrons. The molecule has 0 aromatic heterocycles. The van der Waals surface area contributed by atoms with E-state index in [4.69, 9.17) is 9.05 Å². The monoisotopic (exact) mass is 486 g/mol. The van der Waals surface area contributed by atoms with Crippen LogP contribution in [0.4, 0.5) is 0 Å². The average molecular weight is 487 g/mol. The summed E-state index contributed by atoms with van der Waals surface area (Å²) in [5.41, 5.74) is 3.47. The third-order valence-corrected chi connectivity index (χ3v) is 8.14. The molecule has 0 aromatic rings. The van der Waals surface area contributed by atoms with E-state index in [-0.39, 0.29) is 22.7 Å². The topological polar surface area (TPSA) is 35.5 Å². The first kappa shape index (κ1) is 28.5. The highest BCUT2D eigenvalue weighted by molar-refractivity contribution is 7.33. The maximum absolute atomic E-state index is 12.1. The van der Waals surface area contributed by atoms with Crippen molar-refractivity contribution in [2.75, 3.05) is 0 Å². The van der Waals surface area contributed by atoms with Gasteiger partial charge >= 0.3 is 8.25 Å². The molecule has 2 aliphatic rings. The van der Waals surface area contributed by atoms with Gasteiger partial charge in [0, 0.05) is 11.8 Å². The Morgan fingerprint density at radius 3 is 1.53 bits per heavy atom. The van der Waals surface area contributed by atoms with Gasteiger partial charge in [0.2, 0.25) is 0 Å². The molecule has 0 spiro atoms. The van der Waals surface area contributed by atoms with E-state index in [1.807, 2.05) is 12.2 Å². The van der Waals surface area contributed by atoms with Gasteiger partial charge in [0.1, 0.15) is 0 Å². The van der Waals surface area contributed by atoms with Gasteiger partial charge in [-0.2, -0.15) is 0 Å². The van der Waals surface area contributed by atoms with Crippen molar-refractivity contribution in [3.8, 4) is 0 Å². The summed E-state index contributed by atoms with van der Waals surface area (Å²) >= 11 is 0. The van der Waals surface area contributed by atoms with Gasteiger partial charge in [-0.05, 0) is 74.3 Å². The highest BCUT2D eigenvalue weighted by Gasteiger charge is 2.31. The lowest BCUT2D eigenvalue weighted by Crippen LogP contribution is -2.26. The van der Waals surface area contributed by atoms with Crippen molar-refractivity contribution in [3.63, 3.8) is 0 Å². The van der Waals surface area contributed by atoms with Crippen LogP contribution in [0.15, 0.2) is 72.3 Å². The summed E-state index contributed by atoms with van der Waals surface area (Å²) in [6.07, 6.45) is 25.3. The molecule has 2 rings (SSSR count). The van der Waals surface area contributed by atoms with E-state index in [0.717, 1.165) is 0 Å². The van der Waals surface area contributed by atoms with Crippen molar-refractivity contribution in [1.82, 2.24) is 0 Å². The second-order valence-electron chi connectivity index (χ2n) is 11.5. The molecule has 2 aliphatic carbocycles. The molecule has 34 heavy (non-hydrogen) atoms. The molecule has 0 bridgehead atoms. The second-order valence-corrected chi connectivity index (χ2v) is 12.5. The Bertz CT molecular complexity index is 799. The van der Waals surface area contributed by atoms with Crippen molar-refractivity contribution >= 4 is 8.25 Å². The van der Waals surface area contributed by atoms with Gasteiger partial charge in [0.25, 0.3) is 0 Å². The van der Waals surface area contributed by atoms with E-state index in [1.54, 1.807) is 0 Å². The summed E-state index contributed by atoms with van der Waals surface area (Å²) in [4.78, 5) is 0. The number of hydrogen-bond acceptors (Lipinski definition) is 3. The average Bonchev–Trinajstić information content (AvgIpc) is 2.72. The van der Waals surface area contributed by atoms with Crippen LogP contribution in [-0.4, -0.2) is 0 Å². The van der Waals surface area contributed by atoms with Gasteiger partial charge in [-0.3, -0.25) is 0 Å². The van der Waals surface area contributed by atoms with Crippen molar-refractivity contribution in [3.05, 3.63) is 72.3 Å². The van der Waals surface area contributed by atoms with Gasteiger partial charge in [-0.25, -0.2) is 4.57 Å². The molecule has 4 heteroatoms. The van der Waals surface area contributed by atoms with Gasteiger partial charge in [-0.1, -0.05) is 89.1 Å². The molecule has 0 saturated heterocycles. The molecule has 4 atom stereocenters. The Balaban J connectivity index is 1.77. The molecular formula is C30H47O3P. The summed E-state index contributed by atoms with van der Waals surface area (Å²) in [5, 5.41) is 0. The zero-order chi connectivity index (χ0) is 25.4. The molecule has 0 aromatic carbocycles. The zero-order valence-electron chi connectivity index (χ0n) is 22.6. The van der Waals surface area contributed by atoms with Crippen LogP contribution in [0.2, 0.25) is 0 Å². The second kappa shape index (κ2) is 12.8. The smallest absolute Gasteiger partial charge is 0.417 e. The van der Waals surface area contributed by atoms with Gasteiger partial charge in [0.15, 0.2) is 0 Å². The first-order valence-corrected chi connectivity index (χ1v) is 14.1. The minimum Gasteiger partial charge on any atom is -0.426 e. The van der Waals surface area contributed by atoms with Gasteiger partial charge < -0.3 is 9.05 Å². The summed E-state index contributed by atoms with van der Waals surface area (Å²) in [5.74, 6) is 1.32. The SMILES string of the molecule is CC1=CCCC(C)(C)C1C=CC(C)C=CO[PH](=O)OC=CC(C)C=CC1C(C)=CCCC1(C)C. The lowest BCUT2D eigenvalue weighted by Gasteiger charge is -2.36. The van der Waals surface area contributed by atoms with Crippen LogP contribution in [0, 0.1) is 34.5 Å². The normalized spacial score (nSPS) is 27.6. The first-order valence-electron chi connectivity index (χ1n) is 12.8. The lowest BCUT2D eigenvalue weighted by molar-refractivity contribution is 0.255. The fraction of sp³-hybridized carbons (Fsp3) is 0.600. The molecule has 0 fully saturated rings. The third-order valence-electron chi connectivity index (χ3n) is 7.48. The Hall–Kier alpha value is -1.73. The molecule has 0 heterocycles. The van der Waals surface area contributed by atoms with E-state index in [0.29, 0.717) is 11.8 Å². The van der Waals surface area contributed by atoms with E-state index in [9.17, 15) is 4.57 Å². The quantitative estimate of drug-likeness (QED) is 0.175. The van der Waals surface area contributed by atoms with Crippen molar-refractivity contribution < 1.29 is 13.6 Å². The molecule has 4 unspecified atom stereocenters. The fourth-order valence-corrected chi connectivity index (χ4v) is 5.57. The summed E-state index contributed by atoms with van der Waals surface area (Å²) in [7, 11) is -2.59. The zero-order valence-corrected chi connectivity index (χ0v) is 23.6. The van der Waals surface area contributed by atoms with Crippen molar-refractivity contribution in [2.45, 2.75) is 81.1 Å². The lowest BCUT2D eigenvalue weighted by atomic mass is 9.68. The standard InChI is InChI=1S/C30H47O3P/c1-23(13-15-27-25(3)11-9-19-29(27,5)6)17-21-32-34(31)33-22-18-24(2)14-16-28-26(4)12-10-20-30(28,7)8/h11-18,21-24,27-28,34H,9-10,19-20H2,1-8H3. The first-order chi connectivity index (χ1) is 15.9. The Morgan fingerprint density at radius 1 is 0.794 bits per heavy atom. The van der Waals surface area contributed by atoms with Crippen LogP contribution in [-0.2, 0) is 13.6 Å². The largest absolute Gasteiger partial charge is 0.426 e. The Morgan fingerprint density at radius 2 is 1.18 bits per heavy atom. The van der Waals surface area contributed by atoms with Crippen LogP contribution in [0.25, 0.3) is 0 Å². The Kier molecular flexibility index (Phi) is 10.8. The van der Waals surface area contributed by atoms with Crippen LogP contribution in [0.3, 0.4) is 0 Å². The minimum absolute atomic E-state index is 0.197. The molecule has 0 aliphatic heterocycles. The van der Waals surface area contributed by atoms with Crippen molar-refractivity contribution in [1.29, 1.82) is 0 Å². The van der Waals surface area contributed by atoms with Gasteiger partial charge in [-0.15, -0.1) is 0 Å². The van der Waals surface area contributed by atoms with Crippen molar-refractivity contribution in [2.24, 2.45) is 34.5 Å². The summed E-state index contributed by atoms with van der Waals surface area (Å²) in [6.45, 7) is 18.0.